The Morgan fingerprint density at radius 2 is 2.06 bits per heavy atom. The first kappa shape index (κ1) is 11.9. The lowest BCUT2D eigenvalue weighted by Gasteiger charge is -2.09. The van der Waals surface area contributed by atoms with Crippen LogP contribution in [-0.2, 0) is 6.54 Å². The fraction of sp³-hybridized carbons (Fsp3) is 0.0769. The first-order valence-electron chi connectivity index (χ1n) is 5.37. The van der Waals surface area contributed by atoms with Crippen LogP contribution in [0.1, 0.15) is 15.9 Å². The van der Waals surface area contributed by atoms with E-state index in [1.165, 1.54) is 18.3 Å². The molecular formula is C13H12N2O3. The molecule has 1 aromatic carbocycles. The zero-order chi connectivity index (χ0) is 13.0. The highest BCUT2D eigenvalue weighted by Gasteiger charge is 2.08. The minimum Gasteiger partial charge on any atom is -0.493 e. The van der Waals surface area contributed by atoms with Crippen LogP contribution in [0.5, 0.6) is 5.88 Å². The van der Waals surface area contributed by atoms with Gasteiger partial charge < -0.3 is 15.5 Å². The molecule has 0 aliphatic rings. The lowest BCUT2D eigenvalue weighted by atomic mass is 10.1. The maximum Gasteiger partial charge on any atom is 0.337 e. The number of aromatic hydroxyl groups is 1. The SMILES string of the molecule is O=C(O)c1ccccc1NCc1ccnc(O)c1. The van der Waals surface area contributed by atoms with Gasteiger partial charge in [-0.15, -0.1) is 0 Å². The number of nitrogens with one attached hydrogen (secondary N) is 1. The highest BCUT2D eigenvalue weighted by atomic mass is 16.4. The van der Waals surface area contributed by atoms with E-state index in [9.17, 15) is 9.90 Å². The molecule has 0 spiro atoms. The van der Waals surface area contributed by atoms with E-state index >= 15 is 0 Å². The van der Waals surface area contributed by atoms with E-state index < -0.39 is 5.97 Å². The van der Waals surface area contributed by atoms with E-state index in [1.54, 1.807) is 24.3 Å². The van der Waals surface area contributed by atoms with Crippen LogP contribution in [0.25, 0.3) is 0 Å². The van der Waals surface area contributed by atoms with Crippen molar-refractivity contribution in [1.82, 2.24) is 4.98 Å². The molecule has 18 heavy (non-hydrogen) atoms. The Hall–Kier alpha value is -2.56. The molecule has 0 aliphatic heterocycles. The second-order valence-electron chi connectivity index (χ2n) is 3.73. The van der Waals surface area contributed by atoms with Gasteiger partial charge in [0.1, 0.15) is 0 Å². The van der Waals surface area contributed by atoms with Crippen molar-refractivity contribution in [3.63, 3.8) is 0 Å². The van der Waals surface area contributed by atoms with Gasteiger partial charge >= 0.3 is 5.97 Å². The summed E-state index contributed by atoms with van der Waals surface area (Å²) in [5.41, 5.74) is 1.58. The van der Waals surface area contributed by atoms with Gasteiger partial charge in [0.25, 0.3) is 0 Å². The van der Waals surface area contributed by atoms with E-state index in [0.29, 0.717) is 12.2 Å². The monoisotopic (exact) mass is 244 g/mol. The minimum absolute atomic E-state index is 0.0548. The lowest BCUT2D eigenvalue weighted by molar-refractivity contribution is 0.0698. The standard InChI is InChI=1S/C13H12N2O3/c16-12-7-9(5-6-14-12)8-15-11-4-2-1-3-10(11)13(17)18/h1-7,15H,8H2,(H,14,16)(H,17,18). The fourth-order valence-corrected chi connectivity index (χ4v) is 1.59. The third-order valence-electron chi connectivity index (χ3n) is 2.45. The summed E-state index contributed by atoms with van der Waals surface area (Å²) in [4.78, 5) is 14.7. The molecule has 0 radical (unpaired) electrons. The molecule has 0 atom stereocenters. The average molecular weight is 244 g/mol. The Morgan fingerprint density at radius 3 is 2.78 bits per heavy atom. The van der Waals surface area contributed by atoms with Crippen LogP contribution in [-0.4, -0.2) is 21.2 Å². The second-order valence-corrected chi connectivity index (χ2v) is 3.73. The Kier molecular flexibility index (Phi) is 3.43. The number of hydrogen-bond donors (Lipinski definition) is 3. The first-order chi connectivity index (χ1) is 8.66. The molecule has 0 unspecified atom stereocenters. The molecule has 1 heterocycles. The van der Waals surface area contributed by atoms with E-state index in [-0.39, 0.29) is 11.4 Å². The van der Waals surface area contributed by atoms with Gasteiger partial charge in [0.2, 0.25) is 5.88 Å². The molecule has 5 nitrogen and oxygen atoms in total. The van der Waals surface area contributed by atoms with Crippen LogP contribution in [0.15, 0.2) is 42.6 Å². The van der Waals surface area contributed by atoms with Crippen molar-refractivity contribution in [1.29, 1.82) is 0 Å². The maximum absolute atomic E-state index is 11.0. The molecule has 0 aliphatic carbocycles. The number of pyridine rings is 1. The number of anilines is 1. The van der Waals surface area contributed by atoms with Crippen LogP contribution in [0.3, 0.4) is 0 Å². The number of aromatic carboxylic acids is 1. The van der Waals surface area contributed by atoms with Gasteiger partial charge in [0.15, 0.2) is 0 Å². The number of nitrogens with zero attached hydrogens (tertiary/aromatic N) is 1. The molecule has 92 valence electrons. The Balaban J connectivity index is 2.13. The number of aromatic nitrogens is 1. The van der Waals surface area contributed by atoms with Crippen molar-refractivity contribution >= 4 is 11.7 Å². The van der Waals surface area contributed by atoms with Crippen molar-refractivity contribution in [2.45, 2.75) is 6.54 Å². The van der Waals surface area contributed by atoms with Crippen molar-refractivity contribution in [2.24, 2.45) is 0 Å². The lowest BCUT2D eigenvalue weighted by Crippen LogP contribution is -2.06. The van der Waals surface area contributed by atoms with Gasteiger partial charge in [-0.2, -0.15) is 0 Å². The Bertz CT molecular complexity index is 570. The summed E-state index contributed by atoms with van der Waals surface area (Å²) in [7, 11) is 0. The molecule has 0 saturated heterocycles. The number of hydrogen-bond acceptors (Lipinski definition) is 4. The molecule has 0 fully saturated rings. The topological polar surface area (TPSA) is 82.5 Å². The molecule has 2 aromatic rings. The van der Waals surface area contributed by atoms with Crippen LogP contribution >= 0.6 is 0 Å². The Morgan fingerprint density at radius 1 is 1.28 bits per heavy atom. The highest BCUT2D eigenvalue weighted by molar-refractivity contribution is 5.94. The highest BCUT2D eigenvalue weighted by Crippen LogP contribution is 2.16. The molecule has 1 aromatic heterocycles. The summed E-state index contributed by atoms with van der Waals surface area (Å²) in [6.07, 6.45) is 1.50. The molecular weight excluding hydrogens is 232 g/mol. The number of para-hydroxylation sites is 1. The van der Waals surface area contributed by atoms with Gasteiger partial charge in [-0.05, 0) is 23.8 Å². The summed E-state index contributed by atoms with van der Waals surface area (Å²) in [5, 5.41) is 21.3. The normalized spacial score (nSPS) is 10.0. The van der Waals surface area contributed by atoms with Gasteiger partial charge in [0, 0.05) is 24.5 Å². The van der Waals surface area contributed by atoms with Crippen molar-refractivity contribution in [2.75, 3.05) is 5.32 Å². The van der Waals surface area contributed by atoms with Crippen LogP contribution in [0, 0.1) is 0 Å². The molecule has 0 amide bonds. The van der Waals surface area contributed by atoms with Crippen LogP contribution in [0.2, 0.25) is 0 Å². The summed E-state index contributed by atoms with van der Waals surface area (Å²) in [6, 6.07) is 9.94. The molecule has 3 N–H and O–H groups in total. The minimum atomic E-state index is -0.976. The quantitative estimate of drug-likeness (QED) is 0.767. The van der Waals surface area contributed by atoms with Crippen molar-refractivity contribution in [3.05, 3.63) is 53.7 Å². The van der Waals surface area contributed by atoms with E-state index in [0.717, 1.165) is 5.56 Å². The summed E-state index contributed by atoms with van der Waals surface area (Å²) in [5.74, 6) is -1.03. The Labute approximate surface area is 104 Å². The summed E-state index contributed by atoms with van der Waals surface area (Å²) >= 11 is 0. The van der Waals surface area contributed by atoms with Crippen LogP contribution in [0.4, 0.5) is 5.69 Å². The fourth-order valence-electron chi connectivity index (χ4n) is 1.59. The number of carboxylic acids is 1. The summed E-state index contributed by atoms with van der Waals surface area (Å²) < 4.78 is 0. The van der Waals surface area contributed by atoms with Crippen molar-refractivity contribution < 1.29 is 15.0 Å². The van der Waals surface area contributed by atoms with Crippen molar-refractivity contribution in [3.8, 4) is 5.88 Å². The van der Waals surface area contributed by atoms with E-state index in [4.69, 9.17) is 5.11 Å². The molecule has 0 saturated carbocycles. The van der Waals surface area contributed by atoms with Gasteiger partial charge in [0.05, 0.1) is 5.56 Å². The van der Waals surface area contributed by atoms with Gasteiger partial charge in [-0.1, -0.05) is 12.1 Å². The average Bonchev–Trinajstić information content (AvgIpc) is 2.37. The predicted molar refractivity (Wildman–Crippen MR) is 66.6 cm³/mol. The maximum atomic E-state index is 11.0. The molecule has 0 bridgehead atoms. The number of carboxylic acid groups (broad SMARTS) is 1. The van der Waals surface area contributed by atoms with Gasteiger partial charge in [-0.25, -0.2) is 9.78 Å². The number of carbonyl (C=O) groups is 1. The molecule has 2 rings (SSSR count). The van der Waals surface area contributed by atoms with E-state index in [2.05, 4.69) is 10.3 Å². The largest absolute Gasteiger partial charge is 0.493 e. The van der Waals surface area contributed by atoms with E-state index in [1.807, 2.05) is 0 Å². The number of benzene rings is 1. The smallest absolute Gasteiger partial charge is 0.337 e. The third kappa shape index (κ3) is 2.76. The molecule has 5 heteroatoms. The first-order valence-corrected chi connectivity index (χ1v) is 5.37. The second kappa shape index (κ2) is 5.18. The summed E-state index contributed by atoms with van der Waals surface area (Å²) in [6.45, 7) is 0.417. The van der Waals surface area contributed by atoms with Crippen LogP contribution < -0.4 is 5.32 Å². The zero-order valence-corrected chi connectivity index (χ0v) is 9.50. The van der Waals surface area contributed by atoms with Gasteiger partial charge in [-0.3, -0.25) is 0 Å². The predicted octanol–water partition coefficient (Wildman–Crippen LogP) is 2.10. The zero-order valence-electron chi connectivity index (χ0n) is 9.50. The third-order valence-corrected chi connectivity index (χ3v) is 2.45. The number of rotatable bonds is 4.